The predicted octanol–water partition coefficient (Wildman–Crippen LogP) is 5.02. The second-order valence-electron chi connectivity index (χ2n) is 5.92. The Bertz CT molecular complexity index is 859. The smallest absolute Gasteiger partial charge is 0.225 e. The van der Waals surface area contributed by atoms with Gasteiger partial charge in [-0.1, -0.05) is 41.4 Å². The molecule has 1 unspecified atom stereocenters. The number of fused-ring (bicyclic) bond motifs is 1. The third-order valence-electron chi connectivity index (χ3n) is 4.08. The molecule has 0 saturated heterocycles. The van der Waals surface area contributed by atoms with Crippen molar-refractivity contribution in [1.29, 1.82) is 0 Å². The number of H-pyrrole nitrogens is 1. The molecule has 136 valence electrons. The fourth-order valence-corrected chi connectivity index (χ4v) is 3.76. The Kier molecular flexibility index (Phi) is 6.46. The van der Waals surface area contributed by atoms with Gasteiger partial charge in [-0.05, 0) is 48.3 Å². The molecule has 2 aromatic carbocycles. The summed E-state index contributed by atoms with van der Waals surface area (Å²) in [6.45, 7) is 0. The number of thioether (sulfide) groups is 1. The third kappa shape index (κ3) is 4.53. The normalized spacial score (nSPS) is 12.3. The number of carbonyl (C=O) groups excluding carboxylic acids is 1. The van der Waals surface area contributed by atoms with Crippen LogP contribution in [0.2, 0.25) is 10.0 Å². The summed E-state index contributed by atoms with van der Waals surface area (Å²) in [4.78, 5) is 20.5. The maximum atomic E-state index is 12.6. The molecule has 3 aromatic rings. The number of hydrogen-bond donors (Lipinski definition) is 2. The van der Waals surface area contributed by atoms with Gasteiger partial charge >= 0.3 is 0 Å². The van der Waals surface area contributed by atoms with Crippen LogP contribution in [-0.2, 0) is 11.2 Å². The molecule has 0 aliphatic carbocycles. The third-order valence-corrected chi connectivity index (χ3v) is 5.43. The van der Waals surface area contributed by atoms with Gasteiger partial charge in [0.15, 0.2) is 0 Å². The minimum absolute atomic E-state index is 0.133. The van der Waals surface area contributed by atoms with Crippen molar-refractivity contribution in [3.8, 4) is 0 Å². The summed E-state index contributed by atoms with van der Waals surface area (Å²) in [7, 11) is 0. The van der Waals surface area contributed by atoms with E-state index in [0.29, 0.717) is 15.6 Å². The SMILES string of the molecule is CSCCC(NC(=O)Cc1c(Cl)cccc1Cl)c1nc2ccccc2[nH]1. The first-order chi connectivity index (χ1) is 12.6. The van der Waals surface area contributed by atoms with E-state index in [4.69, 9.17) is 23.2 Å². The van der Waals surface area contributed by atoms with Gasteiger partial charge in [-0.3, -0.25) is 4.79 Å². The molecule has 4 nitrogen and oxygen atoms in total. The second kappa shape index (κ2) is 8.80. The quantitative estimate of drug-likeness (QED) is 0.577. The van der Waals surface area contributed by atoms with Crippen LogP contribution in [-0.4, -0.2) is 27.9 Å². The molecule has 0 saturated carbocycles. The van der Waals surface area contributed by atoms with Crippen molar-refractivity contribution in [2.75, 3.05) is 12.0 Å². The van der Waals surface area contributed by atoms with E-state index in [2.05, 4.69) is 15.3 Å². The summed E-state index contributed by atoms with van der Waals surface area (Å²) in [6.07, 6.45) is 2.96. The second-order valence-corrected chi connectivity index (χ2v) is 7.72. The Balaban J connectivity index is 1.78. The lowest BCUT2D eigenvalue weighted by Gasteiger charge is -2.17. The zero-order valence-electron chi connectivity index (χ0n) is 14.3. The lowest BCUT2D eigenvalue weighted by Crippen LogP contribution is -2.31. The number of nitrogens with zero attached hydrogens (tertiary/aromatic N) is 1. The summed E-state index contributed by atoms with van der Waals surface area (Å²) < 4.78 is 0. The first kappa shape index (κ1) is 19.1. The molecule has 1 heterocycles. The predicted molar refractivity (Wildman–Crippen MR) is 110 cm³/mol. The molecule has 0 spiro atoms. The van der Waals surface area contributed by atoms with Crippen LogP contribution in [0.1, 0.15) is 23.9 Å². The van der Waals surface area contributed by atoms with Crippen LogP contribution in [0.4, 0.5) is 0 Å². The highest BCUT2D eigenvalue weighted by Crippen LogP contribution is 2.25. The van der Waals surface area contributed by atoms with Gasteiger partial charge in [-0.25, -0.2) is 4.98 Å². The summed E-state index contributed by atoms with van der Waals surface area (Å²) in [6, 6.07) is 12.9. The van der Waals surface area contributed by atoms with Crippen LogP contribution in [0.3, 0.4) is 0 Å². The highest BCUT2D eigenvalue weighted by molar-refractivity contribution is 7.98. The van der Waals surface area contributed by atoms with Gasteiger partial charge in [-0.2, -0.15) is 11.8 Å². The van der Waals surface area contributed by atoms with E-state index in [9.17, 15) is 4.79 Å². The van der Waals surface area contributed by atoms with E-state index in [-0.39, 0.29) is 18.4 Å². The standard InChI is InChI=1S/C19H19Cl2N3OS/c1-26-10-9-17(19-23-15-7-2-3-8-16(15)24-19)22-18(25)11-12-13(20)5-4-6-14(12)21/h2-8,17H,9-11H2,1H3,(H,22,25)(H,23,24). The summed E-state index contributed by atoms with van der Waals surface area (Å²) in [5.41, 5.74) is 2.49. The molecule has 2 N–H and O–H groups in total. The van der Waals surface area contributed by atoms with Gasteiger partial charge in [0.05, 0.1) is 23.5 Å². The van der Waals surface area contributed by atoms with Crippen molar-refractivity contribution in [2.24, 2.45) is 0 Å². The summed E-state index contributed by atoms with van der Waals surface area (Å²) >= 11 is 14.1. The maximum absolute atomic E-state index is 12.6. The minimum atomic E-state index is -0.191. The zero-order chi connectivity index (χ0) is 18.5. The lowest BCUT2D eigenvalue weighted by atomic mass is 10.1. The average molecular weight is 408 g/mol. The number of halogens is 2. The van der Waals surface area contributed by atoms with Gasteiger partial charge in [0.2, 0.25) is 5.91 Å². The molecule has 1 aromatic heterocycles. The molecule has 0 aliphatic rings. The molecule has 3 rings (SSSR count). The average Bonchev–Trinajstić information content (AvgIpc) is 3.06. The number of aromatic amines is 1. The molecular formula is C19H19Cl2N3OS. The first-order valence-electron chi connectivity index (χ1n) is 8.24. The number of amides is 1. The topological polar surface area (TPSA) is 57.8 Å². The van der Waals surface area contributed by atoms with E-state index < -0.39 is 0 Å². The van der Waals surface area contributed by atoms with Crippen molar-refractivity contribution < 1.29 is 4.79 Å². The summed E-state index contributed by atoms with van der Waals surface area (Å²) in [5, 5.41) is 4.06. The molecule has 1 amide bonds. The number of carbonyl (C=O) groups is 1. The van der Waals surface area contributed by atoms with Gasteiger partial charge in [-0.15, -0.1) is 0 Å². The Morgan fingerprint density at radius 3 is 2.62 bits per heavy atom. The van der Waals surface area contributed by atoms with Crippen LogP contribution in [0, 0.1) is 0 Å². The van der Waals surface area contributed by atoms with Gasteiger partial charge in [0, 0.05) is 10.0 Å². The number of hydrogen-bond acceptors (Lipinski definition) is 3. The van der Waals surface area contributed by atoms with E-state index in [1.54, 1.807) is 30.0 Å². The Morgan fingerprint density at radius 1 is 1.19 bits per heavy atom. The first-order valence-corrected chi connectivity index (χ1v) is 10.4. The fraction of sp³-hybridized carbons (Fsp3) is 0.263. The molecule has 7 heteroatoms. The maximum Gasteiger partial charge on any atom is 0.225 e. The molecule has 26 heavy (non-hydrogen) atoms. The van der Waals surface area contributed by atoms with E-state index in [0.717, 1.165) is 29.0 Å². The van der Waals surface area contributed by atoms with Crippen LogP contribution < -0.4 is 5.32 Å². The van der Waals surface area contributed by atoms with Crippen molar-refractivity contribution >= 4 is 51.9 Å². The van der Waals surface area contributed by atoms with Crippen LogP contribution in [0.5, 0.6) is 0 Å². The molecule has 0 fully saturated rings. The number of rotatable bonds is 7. The number of imidazole rings is 1. The number of nitrogens with one attached hydrogen (secondary N) is 2. The molecule has 0 aliphatic heterocycles. The van der Waals surface area contributed by atoms with Gasteiger partial charge in [0.1, 0.15) is 5.82 Å². The van der Waals surface area contributed by atoms with Crippen LogP contribution >= 0.6 is 35.0 Å². The monoisotopic (exact) mass is 407 g/mol. The highest BCUT2D eigenvalue weighted by atomic mass is 35.5. The van der Waals surface area contributed by atoms with Crippen molar-refractivity contribution in [2.45, 2.75) is 18.9 Å². The Labute approximate surface area is 166 Å². The summed E-state index contributed by atoms with van der Waals surface area (Å²) in [5.74, 6) is 1.54. The van der Waals surface area contributed by atoms with Gasteiger partial charge in [0.25, 0.3) is 0 Å². The Morgan fingerprint density at radius 2 is 1.92 bits per heavy atom. The molecule has 0 bridgehead atoms. The van der Waals surface area contributed by atoms with Crippen molar-refractivity contribution in [3.63, 3.8) is 0 Å². The minimum Gasteiger partial charge on any atom is -0.346 e. The van der Waals surface area contributed by atoms with E-state index in [1.165, 1.54) is 0 Å². The zero-order valence-corrected chi connectivity index (χ0v) is 16.6. The molecular weight excluding hydrogens is 389 g/mol. The fourth-order valence-electron chi connectivity index (χ4n) is 2.76. The van der Waals surface area contributed by atoms with Gasteiger partial charge < -0.3 is 10.3 Å². The lowest BCUT2D eigenvalue weighted by molar-refractivity contribution is -0.121. The molecule has 0 radical (unpaired) electrons. The number of aromatic nitrogens is 2. The van der Waals surface area contributed by atoms with E-state index in [1.807, 2.05) is 30.5 Å². The number of para-hydroxylation sites is 2. The molecule has 1 atom stereocenters. The van der Waals surface area contributed by atoms with Crippen molar-refractivity contribution in [1.82, 2.24) is 15.3 Å². The Hall–Kier alpha value is -1.69. The highest BCUT2D eigenvalue weighted by Gasteiger charge is 2.19. The largest absolute Gasteiger partial charge is 0.346 e. The number of benzene rings is 2. The van der Waals surface area contributed by atoms with E-state index >= 15 is 0 Å². The van der Waals surface area contributed by atoms with Crippen LogP contribution in [0.15, 0.2) is 42.5 Å². The van der Waals surface area contributed by atoms with Crippen molar-refractivity contribution in [3.05, 3.63) is 63.9 Å². The van der Waals surface area contributed by atoms with Crippen LogP contribution in [0.25, 0.3) is 11.0 Å².